The topological polar surface area (TPSA) is 64.6 Å². The Morgan fingerprint density at radius 2 is 1.93 bits per heavy atom. The molecular weight excluding hydrogens is 374 g/mol. The van der Waals surface area contributed by atoms with Crippen LogP contribution in [0, 0.1) is 0 Å². The molecule has 1 aliphatic carbocycles. The highest BCUT2D eigenvalue weighted by Crippen LogP contribution is 2.29. The van der Waals surface area contributed by atoms with Gasteiger partial charge in [-0.3, -0.25) is 9.59 Å². The molecule has 1 N–H and O–H groups in total. The van der Waals surface area contributed by atoms with Crippen molar-refractivity contribution in [3.05, 3.63) is 59.7 Å². The first kappa shape index (κ1) is 20.3. The molecule has 0 saturated heterocycles. The molecule has 0 radical (unpaired) electrons. The largest absolute Gasteiger partial charge is 0.497 e. The van der Waals surface area contributed by atoms with Crippen molar-refractivity contribution >= 4 is 23.6 Å². The van der Waals surface area contributed by atoms with E-state index in [2.05, 4.69) is 17.4 Å². The second kappa shape index (κ2) is 9.64. The van der Waals surface area contributed by atoms with Gasteiger partial charge < -0.3 is 14.8 Å². The van der Waals surface area contributed by atoms with Crippen molar-refractivity contribution < 1.29 is 19.1 Å². The Balaban J connectivity index is 1.48. The van der Waals surface area contributed by atoms with Crippen LogP contribution in [0.15, 0.2) is 53.4 Å². The minimum Gasteiger partial charge on any atom is -0.497 e. The monoisotopic (exact) mass is 399 g/mol. The van der Waals surface area contributed by atoms with Gasteiger partial charge in [-0.05, 0) is 61.6 Å². The number of benzene rings is 2. The smallest absolute Gasteiger partial charge is 0.317 e. The predicted molar refractivity (Wildman–Crippen MR) is 110 cm³/mol. The van der Waals surface area contributed by atoms with Gasteiger partial charge in [0.25, 0.3) is 5.91 Å². The maximum absolute atomic E-state index is 12.5. The molecule has 3 rings (SSSR count). The van der Waals surface area contributed by atoms with E-state index in [0.717, 1.165) is 35.5 Å². The van der Waals surface area contributed by atoms with Crippen LogP contribution in [-0.4, -0.2) is 30.8 Å². The fourth-order valence-corrected chi connectivity index (χ4v) is 3.97. The highest BCUT2D eigenvalue weighted by Gasteiger charge is 2.25. The average Bonchev–Trinajstić information content (AvgIpc) is 2.73. The molecule has 0 aliphatic heterocycles. The number of nitrogens with one attached hydrogen (secondary N) is 1. The predicted octanol–water partition coefficient (Wildman–Crippen LogP) is 3.91. The summed E-state index contributed by atoms with van der Waals surface area (Å²) in [6.07, 6.45) is 2.15. The summed E-state index contributed by atoms with van der Waals surface area (Å²) in [6, 6.07) is 15.6. The highest BCUT2D eigenvalue weighted by molar-refractivity contribution is 8.00. The molecular formula is C22H25NO4S. The molecule has 1 aliphatic rings. The quantitative estimate of drug-likeness (QED) is 0.565. The lowest BCUT2D eigenvalue weighted by Crippen LogP contribution is -2.39. The summed E-state index contributed by atoms with van der Waals surface area (Å²) in [7, 11) is 1.61. The van der Waals surface area contributed by atoms with Gasteiger partial charge in [-0.25, -0.2) is 0 Å². The normalized spacial score (nSPS) is 16.6. The minimum absolute atomic E-state index is 0.0210. The van der Waals surface area contributed by atoms with Crippen molar-refractivity contribution in [1.29, 1.82) is 0 Å². The lowest BCUT2D eigenvalue weighted by atomic mass is 9.87. The van der Waals surface area contributed by atoms with Crippen LogP contribution in [-0.2, 0) is 20.7 Å². The Hall–Kier alpha value is -2.47. The number of methoxy groups -OCH3 is 1. The first-order valence-corrected chi connectivity index (χ1v) is 10.4. The molecule has 2 aromatic carbocycles. The van der Waals surface area contributed by atoms with Crippen molar-refractivity contribution in [1.82, 2.24) is 5.32 Å². The van der Waals surface area contributed by atoms with Crippen molar-refractivity contribution in [3.8, 4) is 5.75 Å². The molecule has 148 valence electrons. The van der Waals surface area contributed by atoms with E-state index in [1.54, 1.807) is 14.0 Å². The summed E-state index contributed by atoms with van der Waals surface area (Å²) in [5, 5.41) is 3.03. The third kappa shape index (κ3) is 5.29. The fourth-order valence-electron chi connectivity index (χ4n) is 3.29. The lowest BCUT2D eigenvalue weighted by Gasteiger charge is -2.27. The number of aryl methyl sites for hydroxylation is 1. The van der Waals surface area contributed by atoms with Crippen molar-refractivity contribution in [3.63, 3.8) is 0 Å². The Bertz CT molecular complexity index is 822. The number of esters is 1. The van der Waals surface area contributed by atoms with E-state index in [9.17, 15) is 9.59 Å². The van der Waals surface area contributed by atoms with Crippen LogP contribution < -0.4 is 10.1 Å². The molecule has 0 heterocycles. The van der Waals surface area contributed by atoms with Crippen LogP contribution in [0.25, 0.3) is 0 Å². The molecule has 1 amide bonds. The molecule has 0 spiro atoms. The van der Waals surface area contributed by atoms with Gasteiger partial charge in [-0.15, -0.1) is 11.8 Å². The summed E-state index contributed by atoms with van der Waals surface area (Å²) >= 11 is 1.37. The maximum atomic E-state index is 12.5. The van der Waals surface area contributed by atoms with Gasteiger partial charge in [0.1, 0.15) is 5.75 Å². The second-order valence-electron chi connectivity index (χ2n) is 6.75. The van der Waals surface area contributed by atoms with Gasteiger partial charge in [0.15, 0.2) is 6.10 Å². The van der Waals surface area contributed by atoms with Gasteiger partial charge in [0, 0.05) is 4.90 Å². The number of thioether (sulfide) groups is 1. The molecule has 0 saturated carbocycles. The molecule has 0 unspecified atom stereocenters. The lowest BCUT2D eigenvalue weighted by molar-refractivity contribution is -0.152. The van der Waals surface area contributed by atoms with Gasteiger partial charge in [-0.1, -0.05) is 24.3 Å². The number of rotatable bonds is 7. The van der Waals surface area contributed by atoms with Crippen molar-refractivity contribution in [2.24, 2.45) is 0 Å². The van der Waals surface area contributed by atoms with Crippen LogP contribution in [0.5, 0.6) is 5.75 Å². The zero-order chi connectivity index (χ0) is 19.9. The van der Waals surface area contributed by atoms with Gasteiger partial charge in [-0.2, -0.15) is 0 Å². The summed E-state index contributed by atoms with van der Waals surface area (Å²) < 4.78 is 10.4. The summed E-state index contributed by atoms with van der Waals surface area (Å²) in [4.78, 5) is 25.5. The number of carbonyl (C=O) groups excluding carboxylic acids is 2. The third-order valence-electron chi connectivity index (χ3n) is 4.78. The van der Waals surface area contributed by atoms with E-state index in [1.807, 2.05) is 36.4 Å². The number of ether oxygens (including phenoxy) is 2. The second-order valence-corrected chi connectivity index (χ2v) is 7.80. The molecule has 2 aromatic rings. The Morgan fingerprint density at radius 1 is 1.18 bits per heavy atom. The van der Waals surface area contributed by atoms with Gasteiger partial charge >= 0.3 is 5.97 Å². The van der Waals surface area contributed by atoms with Gasteiger partial charge in [0.05, 0.1) is 18.9 Å². The summed E-state index contributed by atoms with van der Waals surface area (Å²) in [5.41, 5.74) is 2.44. The number of fused-ring (bicyclic) bond motifs is 1. The van der Waals surface area contributed by atoms with E-state index >= 15 is 0 Å². The number of hydrogen-bond acceptors (Lipinski definition) is 5. The number of hydrogen-bond donors (Lipinski definition) is 1. The first-order chi connectivity index (χ1) is 13.6. The van der Waals surface area contributed by atoms with E-state index in [4.69, 9.17) is 9.47 Å². The first-order valence-electron chi connectivity index (χ1n) is 9.41. The third-order valence-corrected chi connectivity index (χ3v) is 5.77. The molecule has 2 atom stereocenters. The highest BCUT2D eigenvalue weighted by atomic mass is 32.2. The zero-order valence-electron chi connectivity index (χ0n) is 16.1. The molecule has 0 fully saturated rings. The van der Waals surface area contributed by atoms with Crippen molar-refractivity contribution in [2.45, 2.75) is 43.2 Å². The molecule has 6 heteroatoms. The number of carbonyl (C=O) groups is 2. The molecule has 0 aromatic heterocycles. The molecule has 28 heavy (non-hydrogen) atoms. The Morgan fingerprint density at radius 3 is 2.68 bits per heavy atom. The van der Waals surface area contributed by atoms with Crippen LogP contribution in [0.2, 0.25) is 0 Å². The van der Waals surface area contributed by atoms with E-state index < -0.39 is 12.1 Å². The molecule has 0 bridgehead atoms. The fraction of sp³-hybridized carbons (Fsp3) is 0.364. The summed E-state index contributed by atoms with van der Waals surface area (Å²) in [6.45, 7) is 1.61. The van der Waals surface area contributed by atoms with Gasteiger partial charge in [0.2, 0.25) is 0 Å². The SMILES string of the molecule is COc1ccc(SCC(=O)O[C@@H](C)C(=O)N[C@@H]2CCCc3ccccc32)cc1. The Labute approximate surface area is 169 Å². The standard InChI is InChI=1S/C22H25NO4S/c1-15(27-21(24)14-28-18-12-10-17(26-2)11-13-18)22(25)23-20-9-5-7-16-6-3-4-8-19(16)20/h3-4,6,8,10-13,15,20H,5,7,9,14H2,1-2H3,(H,23,25)/t15-,20+/m0/s1. The summed E-state index contributed by atoms with van der Waals surface area (Å²) in [5.74, 6) is 0.245. The minimum atomic E-state index is -0.821. The average molecular weight is 400 g/mol. The Kier molecular flexibility index (Phi) is 6.98. The van der Waals surface area contributed by atoms with Crippen molar-refractivity contribution in [2.75, 3.05) is 12.9 Å². The maximum Gasteiger partial charge on any atom is 0.317 e. The van der Waals surface area contributed by atoms with Crippen LogP contribution in [0.4, 0.5) is 0 Å². The van der Waals surface area contributed by atoms with Crippen LogP contribution in [0.3, 0.4) is 0 Å². The number of amides is 1. The zero-order valence-corrected chi connectivity index (χ0v) is 17.0. The van der Waals surface area contributed by atoms with E-state index in [-0.39, 0.29) is 17.7 Å². The van der Waals surface area contributed by atoms with Crippen LogP contribution in [0.1, 0.15) is 36.9 Å². The van der Waals surface area contributed by atoms with E-state index in [0.29, 0.717) is 0 Å². The molecule has 5 nitrogen and oxygen atoms in total. The van der Waals surface area contributed by atoms with E-state index in [1.165, 1.54) is 17.3 Å². The van der Waals surface area contributed by atoms with Crippen LogP contribution >= 0.6 is 11.8 Å².